The highest BCUT2D eigenvalue weighted by Gasteiger charge is 2.14. The fourth-order valence-corrected chi connectivity index (χ4v) is 1.75. The van der Waals surface area contributed by atoms with Gasteiger partial charge in [0.2, 0.25) is 0 Å². The van der Waals surface area contributed by atoms with Crippen molar-refractivity contribution < 1.29 is 9.50 Å². The van der Waals surface area contributed by atoms with E-state index in [4.69, 9.17) is 5.73 Å². The van der Waals surface area contributed by atoms with Gasteiger partial charge in [0.05, 0.1) is 4.47 Å². The number of rotatable bonds is 2. The summed E-state index contributed by atoms with van der Waals surface area (Å²) in [7, 11) is 0. The van der Waals surface area contributed by atoms with Gasteiger partial charge in [-0.15, -0.1) is 0 Å². The zero-order valence-electron chi connectivity index (χ0n) is 8.14. The summed E-state index contributed by atoms with van der Waals surface area (Å²) in [6.45, 7) is 3.75. The molecule has 0 aromatic heterocycles. The van der Waals surface area contributed by atoms with Crippen LogP contribution in [0.2, 0.25) is 0 Å². The van der Waals surface area contributed by atoms with Gasteiger partial charge in [0.25, 0.3) is 0 Å². The molecule has 0 fully saturated rings. The molecule has 1 rings (SSSR count). The Kier molecular flexibility index (Phi) is 3.17. The number of hydrogen-bond acceptors (Lipinski definition) is 2. The van der Waals surface area contributed by atoms with Crippen molar-refractivity contribution >= 4 is 15.9 Å². The number of phenolic OH excluding ortho intramolecular Hbond substituents is 1. The Hall–Kier alpha value is -0.610. The first kappa shape index (κ1) is 11.5. The summed E-state index contributed by atoms with van der Waals surface area (Å²) in [5.41, 5.74) is 6.25. The molecule has 78 valence electrons. The second-order valence-corrected chi connectivity index (χ2v) is 4.93. The quantitative estimate of drug-likeness (QED) is 0.860. The van der Waals surface area contributed by atoms with Crippen molar-refractivity contribution in [3.63, 3.8) is 0 Å². The molecular formula is C10H13BrFNO. The lowest BCUT2D eigenvalue weighted by Gasteiger charge is -2.18. The van der Waals surface area contributed by atoms with Crippen molar-refractivity contribution in [2.75, 3.05) is 0 Å². The first-order valence-corrected chi connectivity index (χ1v) is 5.05. The van der Waals surface area contributed by atoms with Gasteiger partial charge in [-0.2, -0.15) is 0 Å². The van der Waals surface area contributed by atoms with Crippen LogP contribution in [0.3, 0.4) is 0 Å². The van der Waals surface area contributed by atoms with Gasteiger partial charge < -0.3 is 10.8 Å². The third kappa shape index (κ3) is 2.96. The number of benzene rings is 1. The average molecular weight is 262 g/mol. The van der Waals surface area contributed by atoms with Crippen molar-refractivity contribution in [2.45, 2.75) is 25.8 Å². The average Bonchev–Trinajstić information content (AvgIpc) is 1.96. The molecule has 0 saturated heterocycles. The number of halogens is 2. The van der Waals surface area contributed by atoms with Crippen LogP contribution in [0.5, 0.6) is 5.75 Å². The predicted octanol–water partition coefficient (Wildman–Crippen LogP) is 2.57. The van der Waals surface area contributed by atoms with E-state index in [1.165, 1.54) is 6.07 Å². The number of hydrogen-bond donors (Lipinski definition) is 2. The highest BCUT2D eigenvalue weighted by atomic mass is 79.9. The molecule has 0 heterocycles. The van der Waals surface area contributed by atoms with Crippen LogP contribution in [0, 0.1) is 5.82 Å². The van der Waals surface area contributed by atoms with E-state index < -0.39 is 5.82 Å². The lowest BCUT2D eigenvalue weighted by molar-refractivity contribution is 0.428. The summed E-state index contributed by atoms with van der Waals surface area (Å²) in [4.78, 5) is 0. The summed E-state index contributed by atoms with van der Waals surface area (Å²) in [5, 5.41) is 9.23. The molecule has 0 aliphatic heterocycles. The lowest BCUT2D eigenvalue weighted by Crippen LogP contribution is -2.34. The Morgan fingerprint density at radius 2 is 2.07 bits per heavy atom. The zero-order chi connectivity index (χ0) is 10.9. The molecular weight excluding hydrogens is 249 g/mol. The van der Waals surface area contributed by atoms with Gasteiger partial charge in [0.15, 0.2) is 11.6 Å². The van der Waals surface area contributed by atoms with Crippen LogP contribution in [0.4, 0.5) is 4.39 Å². The molecule has 0 aliphatic rings. The minimum Gasteiger partial charge on any atom is -0.505 e. The second-order valence-electron chi connectivity index (χ2n) is 4.08. The van der Waals surface area contributed by atoms with Crippen molar-refractivity contribution in [2.24, 2.45) is 5.73 Å². The predicted molar refractivity (Wildman–Crippen MR) is 57.7 cm³/mol. The van der Waals surface area contributed by atoms with Crippen molar-refractivity contribution in [3.05, 3.63) is 28.0 Å². The Labute approximate surface area is 91.1 Å². The molecule has 0 amide bonds. The van der Waals surface area contributed by atoms with Gasteiger partial charge in [-0.05, 0) is 53.9 Å². The van der Waals surface area contributed by atoms with E-state index in [0.717, 1.165) is 5.56 Å². The molecule has 0 bridgehead atoms. The standard InChI is InChI=1S/C10H13BrFNO/c1-10(2,13)5-6-3-7(11)9(12)8(14)4-6/h3-4,14H,5,13H2,1-2H3. The van der Waals surface area contributed by atoms with Gasteiger partial charge in [0, 0.05) is 5.54 Å². The van der Waals surface area contributed by atoms with Gasteiger partial charge in [-0.3, -0.25) is 0 Å². The van der Waals surface area contributed by atoms with E-state index in [2.05, 4.69) is 15.9 Å². The molecule has 0 aliphatic carbocycles. The summed E-state index contributed by atoms with van der Waals surface area (Å²) < 4.78 is 13.3. The molecule has 0 spiro atoms. The van der Waals surface area contributed by atoms with Gasteiger partial charge in [-0.1, -0.05) is 0 Å². The zero-order valence-corrected chi connectivity index (χ0v) is 9.73. The van der Waals surface area contributed by atoms with Crippen molar-refractivity contribution in [1.82, 2.24) is 0 Å². The Morgan fingerprint density at radius 3 is 2.50 bits per heavy atom. The van der Waals surface area contributed by atoms with E-state index in [1.807, 2.05) is 13.8 Å². The monoisotopic (exact) mass is 261 g/mol. The fraction of sp³-hybridized carbons (Fsp3) is 0.400. The summed E-state index contributed by atoms with van der Waals surface area (Å²) in [6, 6.07) is 3.03. The van der Waals surface area contributed by atoms with Crippen LogP contribution in [-0.2, 0) is 6.42 Å². The number of phenols is 1. The van der Waals surface area contributed by atoms with E-state index in [9.17, 15) is 9.50 Å². The van der Waals surface area contributed by atoms with Gasteiger partial charge in [0.1, 0.15) is 0 Å². The molecule has 0 unspecified atom stereocenters. The Bertz CT molecular complexity index is 323. The topological polar surface area (TPSA) is 46.2 Å². The summed E-state index contributed by atoms with van der Waals surface area (Å²) in [5.74, 6) is -0.984. The normalized spacial score (nSPS) is 11.8. The first-order valence-electron chi connectivity index (χ1n) is 4.25. The minimum absolute atomic E-state index is 0.261. The Morgan fingerprint density at radius 1 is 1.50 bits per heavy atom. The maximum Gasteiger partial charge on any atom is 0.178 e. The van der Waals surface area contributed by atoms with Gasteiger partial charge in [-0.25, -0.2) is 4.39 Å². The molecule has 2 nitrogen and oxygen atoms in total. The SMILES string of the molecule is CC(C)(N)Cc1cc(O)c(F)c(Br)c1. The molecule has 1 aromatic carbocycles. The molecule has 3 N–H and O–H groups in total. The van der Waals surface area contributed by atoms with E-state index in [-0.39, 0.29) is 15.8 Å². The highest BCUT2D eigenvalue weighted by molar-refractivity contribution is 9.10. The molecule has 1 aromatic rings. The third-order valence-electron chi connectivity index (χ3n) is 1.73. The van der Waals surface area contributed by atoms with Crippen molar-refractivity contribution in [1.29, 1.82) is 0 Å². The molecule has 4 heteroatoms. The molecule has 14 heavy (non-hydrogen) atoms. The van der Waals surface area contributed by atoms with Crippen LogP contribution >= 0.6 is 15.9 Å². The molecule has 0 saturated carbocycles. The van der Waals surface area contributed by atoms with E-state index in [0.29, 0.717) is 6.42 Å². The first-order chi connectivity index (χ1) is 6.29. The van der Waals surface area contributed by atoms with Crippen LogP contribution < -0.4 is 5.73 Å². The highest BCUT2D eigenvalue weighted by Crippen LogP contribution is 2.27. The van der Waals surface area contributed by atoms with E-state index >= 15 is 0 Å². The minimum atomic E-state index is -0.636. The second kappa shape index (κ2) is 3.87. The number of nitrogens with two attached hydrogens (primary N) is 1. The van der Waals surface area contributed by atoms with Crippen LogP contribution in [0.1, 0.15) is 19.4 Å². The Balaban J connectivity index is 3.02. The van der Waals surface area contributed by atoms with Crippen LogP contribution in [0.25, 0.3) is 0 Å². The summed E-state index contributed by atoms with van der Waals surface area (Å²) >= 11 is 3.03. The fourth-order valence-electron chi connectivity index (χ4n) is 1.26. The third-order valence-corrected chi connectivity index (χ3v) is 2.31. The largest absolute Gasteiger partial charge is 0.505 e. The van der Waals surface area contributed by atoms with Crippen LogP contribution in [0.15, 0.2) is 16.6 Å². The molecule has 0 radical (unpaired) electrons. The summed E-state index contributed by atoms with van der Waals surface area (Å²) in [6.07, 6.45) is 0.583. The van der Waals surface area contributed by atoms with E-state index in [1.54, 1.807) is 6.07 Å². The van der Waals surface area contributed by atoms with Crippen molar-refractivity contribution in [3.8, 4) is 5.75 Å². The molecule has 0 atom stereocenters. The smallest absolute Gasteiger partial charge is 0.178 e. The van der Waals surface area contributed by atoms with Crippen LogP contribution in [-0.4, -0.2) is 10.6 Å². The van der Waals surface area contributed by atoms with Gasteiger partial charge >= 0.3 is 0 Å². The number of aromatic hydroxyl groups is 1. The maximum atomic E-state index is 13.0. The lowest BCUT2D eigenvalue weighted by atomic mass is 9.96. The maximum absolute atomic E-state index is 13.0.